The summed E-state index contributed by atoms with van der Waals surface area (Å²) < 4.78 is 5.91. The van der Waals surface area contributed by atoms with E-state index in [2.05, 4.69) is 24.1 Å². The Hall–Kier alpha value is -1.10. The lowest BCUT2D eigenvalue weighted by molar-refractivity contribution is 0.299. The number of thiazole rings is 1. The SMILES string of the molecule is CCNC(C)c1cc(Cl)ccc1OCc1nc(C)cs1. The Morgan fingerprint density at radius 3 is 2.90 bits per heavy atom. The molecule has 2 aromatic rings. The summed E-state index contributed by atoms with van der Waals surface area (Å²) in [4.78, 5) is 4.41. The largest absolute Gasteiger partial charge is 0.486 e. The number of nitrogens with one attached hydrogen (secondary N) is 1. The first-order chi connectivity index (χ1) is 9.60. The molecule has 1 atom stereocenters. The molecule has 1 heterocycles. The van der Waals surface area contributed by atoms with Gasteiger partial charge in [0.15, 0.2) is 0 Å². The summed E-state index contributed by atoms with van der Waals surface area (Å²) >= 11 is 7.71. The highest BCUT2D eigenvalue weighted by molar-refractivity contribution is 7.09. The molecular weight excluding hydrogens is 292 g/mol. The second-order valence-corrected chi connectivity index (χ2v) is 6.01. The van der Waals surface area contributed by atoms with Crippen LogP contribution in [0.15, 0.2) is 23.6 Å². The minimum absolute atomic E-state index is 0.201. The fraction of sp³-hybridized carbons (Fsp3) is 0.400. The predicted octanol–water partition coefficient (Wildman–Crippen LogP) is 4.35. The molecular formula is C15H19ClN2OS. The van der Waals surface area contributed by atoms with Crippen LogP contribution in [0.3, 0.4) is 0 Å². The average Bonchev–Trinajstić information content (AvgIpc) is 2.83. The predicted molar refractivity (Wildman–Crippen MR) is 84.7 cm³/mol. The van der Waals surface area contributed by atoms with Crippen LogP contribution >= 0.6 is 22.9 Å². The van der Waals surface area contributed by atoms with Gasteiger partial charge < -0.3 is 10.1 Å². The van der Waals surface area contributed by atoms with E-state index in [4.69, 9.17) is 16.3 Å². The molecule has 0 amide bonds. The fourth-order valence-electron chi connectivity index (χ4n) is 2.01. The number of nitrogens with zero attached hydrogens (tertiary/aromatic N) is 1. The molecule has 1 N–H and O–H groups in total. The number of rotatable bonds is 6. The highest BCUT2D eigenvalue weighted by Gasteiger charge is 2.12. The van der Waals surface area contributed by atoms with Crippen molar-refractivity contribution in [1.82, 2.24) is 10.3 Å². The van der Waals surface area contributed by atoms with Crippen LogP contribution in [0.1, 0.15) is 36.2 Å². The van der Waals surface area contributed by atoms with Gasteiger partial charge in [-0.15, -0.1) is 11.3 Å². The minimum Gasteiger partial charge on any atom is -0.486 e. The number of ether oxygens (including phenoxy) is 1. The van der Waals surface area contributed by atoms with E-state index in [0.29, 0.717) is 6.61 Å². The van der Waals surface area contributed by atoms with Gasteiger partial charge >= 0.3 is 0 Å². The minimum atomic E-state index is 0.201. The lowest BCUT2D eigenvalue weighted by Crippen LogP contribution is -2.18. The zero-order valence-electron chi connectivity index (χ0n) is 11.9. The molecule has 0 bridgehead atoms. The van der Waals surface area contributed by atoms with Crippen molar-refractivity contribution in [2.75, 3.05) is 6.54 Å². The molecule has 108 valence electrons. The number of benzene rings is 1. The maximum absolute atomic E-state index is 6.09. The summed E-state index contributed by atoms with van der Waals surface area (Å²) in [6, 6.07) is 5.93. The molecule has 1 aromatic carbocycles. The Balaban J connectivity index is 2.13. The van der Waals surface area contributed by atoms with Crippen LogP contribution in [-0.4, -0.2) is 11.5 Å². The summed E-state index contributed by atoms with van der Waals surface area (Å²) in [6.45, 7) is 7.57. The summed E-state index contributed by atoms with van der Waals surface area (Å²) in [5.74, 6) is 0.857. The van der Waals surface area contributed by atoms with Gasteiger partial charge in [0.25, 0.3) is 0 Å². The third kappa shape index (κ3) is 3.95. The third-order valence-electron chi connectivity index (χ3n) is 2.97. The van der Waals surface area contributed by atoms with Crippen LogP contribution in [0.2, 0.25) is 5.02 Å². The van der Waals surface area contributed by atoms with Crippen molar-refractivity contribution in [2.24, 2.45) is 0 Å². The van der Waals surface area contributed by atoms with E-state index in [1.165, 1.54) is 0 Å². The third-order valence-corrected chi connectivity index (χ3v) is 4.14. The van der Waals surface area contributed by atoms with Crippen molar-refractivity contribution in [3.8, 4) is 5.75 Å². The number of hydrogen-bond acceptors (Lipinski definition) is 4. The van der Waals surface area contributed by atoms with Crippen LogP contribution in [0.5, 0.6) is 5.75 Å². The molecule has 0 aliphatic heterocycles. The van der Waals surface area contributed by atoms with Crippen LogP contribution in [0.4, 0.5) is 0 Å². The molecule has 20 heavy (non-hydrogen) atoms. The van der Waals surface area contributed by atoms with Crippen LogP contribution in [0.25, 0.3) is 0 Å². The van der Waals surface area contributed by atoms with Gasteiger partial charge in [0.05, 0.1) is 0 Å². The van der Waals surface area contributed by atoms with Gasteiger partial charge in [0.1, 0.15) is 17.4 Å². The fourth-order valence-corrected chi connectivity index (χ4v) is 2.88. The summed E-state index contributed by atoms with van der Waals surface area (Å²) in [6.07, 6.45) is 0. The number of aromatic nitrogens is 1. The van der Waals surface area contributed by atoms with E-state index in [9.17, 15) is 0 Å². The van der Waals surface area contributed by atoms with Crippen LogP contribution < -0.4 is 10.1 Å². The number of hydrogen-bond donors (Lipinski definition) is 1. The van der Waals surface area contributed by atoms with E-state index in [-0.39, 0.29) is 6.04 Å². The lowest BCUT2D eigenvalue weighted by atomic mass is 10.1. The normalized spacial score (nSPS) is 12.4. The molecule has 0 aliphatic rings. The van der Waals surface area contributed by atoms with Gasteiger partial charge in [-0.3, -0.25) is 0 Å². The molecule has 1 aromatic heterocycles. The van der Waals surface area contributed by atoms with Crippen molar-refractivity contribution in [1.29, 1.82) is 0 Å². The topological polar surface area (TPSA) is 34.1 Å². The molecule has 3 nitrogen and oxygen atoms in total. The van der Waals surface area contributed by atoms with E-state index in [1.807, 2.05) is 30.5 Å². The van der Waals surface area contributed by atoms with Gasteiger partial charge in [-0.25, -0.2) is 4.98 Å². The maximum atomic E-state index is 6.09. The highest BCUT2D eigenvalue weighted by Crippen LogP contribution is 2.29. The molecule has 2 rings (SSSR count). The summed E-state index contributed by atoms with van der Waals surface area (Å²) in [7, 11) is 0. The first-order valence-corrected chi connectivity index (χ1v) is 7.92. The van der Waals surface area contributed by atoms with Crippen LogP contribution in [0, 0.1) is 6.92 Å². The zero-order valence-corrected chi connectivity index (χ0v) is 13.5. The first-order valence-electron chi connectivity index (χ1n) is 6.66. The Bertz CT molecular complexity index is 571. The molecule has 0 spiro atoms. The quantitative estimate of drug-likeness (QED) is 0.861. The smallest absolute Gasteiger partial charge is 0.140 e. The Labute approximate surface area is 129 Å². The molecule has 0 radical (unpaired) electrons. The second-order valence-electron chi connectivity index (χ2n) is 4.63. The van der Waals surface area contributed by atoms with Gasteiger partial charge in [-0.1, -0.05) is 18.5 Å². The molecule has 0 saturated carbocycles. The highest BCUT2D eigenvalue weighted by atomic mass is 35.5. The number of aryl methyl sites for hydroxylation is 1. The Morgan fingerprint density at radius 2 is 2.25 bits per heavy atom. The molecule has 1 unspecified atom stereocenters. The zero-order chi connectivity index (χ0) is 14.5. The van der Waals surface area contributed by atoms with Crippen molar-refractivity contribution in [2.45, 2.75) is 33.4 Å². The average molecular weight is 311 g/mol. The van der Waals surface area contributed by atoms with Crippen molar-refractivity contribution >= 4 is 22.9 Å². The lowest BCUT2D eigenvalue weighted by Gasteiger charge is -2.17. The maximum Gasteiger partial charge on any atom is 0.140 e. The molecule has 0 fully saturated rings. The number of halogens is 1. The van der Waals surface area contributed by atoms with E-state index < -0.39 is 0 Å². The molecule has 5 heteroatoms. The van der Waals surface area contributed by atoms with Gasteiger partial charge in [-0.2, -0.15) is 0 Å². The van der Waals surface area contributed by atoms with Crippen LogP contribution in [-0.2, 0) is 6.61 Å². The van der Waals surface area contributed by atoms with E-state index >= 15 is 0 Å². The summed E-state index contributed by atoms with van der Waals surface area (Å²) in [5, 5.41) is 7.12. The first kappa shape index (κ1) is 15.3. The molecule has 0 saturated heterocycles. The van der Waals surface area contributed by atoms with Crippen molar-refractivity contribution in [3.63, 3.8) is 0 Å². The van der Waals surface area contributed by atoms with E-state index in [1.54, 1.807) is 11.3 Å². The van der Waals surface area contributed by atoms with Crippen molar-refractivity contribution in [3.05, 3.63) is 44.9 Å². The molecule has 0 aliphatic carbocycles. The standard InChI is InChI=1S/C15H19ClN2OS/c1-4-17-11(3)13-7-12(16)5-6-14(13)19-8-15-18-10(2)9-20-15/h5-7,9,11,17H,4,8H2,1-3H3. The van der Waals surface area contributed by atoms with Gasteiger partial charge in [0.2, 0.25) is 0 Å². The van der Waals surface area contributed by atoms with Gasteiger partial charge in [0, 0.05) is 27.7 Å². The Kier molecular flexibility index (Phi) is 5.40. The second kappa shape index (κ2) is 7.07. The van der Waals surface area contributed by atoms with Crippen molar-refractivity contribution < 1.29 is 4.74 Å². The summed E-state index contributed by atoms with van der Waals surface area (Å²) in [5.41, 5.74) is 2.11. The van der Waals surface area contributed by atoms with Gasteiger partial charge in [-0.05, 0) is 38.6 Å². The van der Waals surface area contributed by atoms with E-state index in [0.717, 1.165) is 33.6 Å². The Morgan fingerprint density at radius 1 is 1.45 bits per heavy atom. The monoisotopic (exact) mass is 310 g/mol.